The van der Waals surface area contributed by atoms with Crippen molar-refractivity contribution in [1.29, 1.82) is 0 Å². The maximum Gasteiger partial charge on any atom is 0.408 e. The number of aryl methyl sites for hydroxylation is 1. The SMILES string of the molecule is CCC(CC)(Cc1cccc(C)c1)NC(=O)OC(C)(C)C. The van der Waals surface area contributed by atoms with E-state index in [1.54, 1.807) is 0 Å². The molecule has 0 aliphatic carbocycles. The van der Waals surface area contributed by atoms with Gasteiger partial charge in [0.15, 0.2) is 0 Å². The monoisotopic (exact) mass is 291 g/mol. The van der Waals surface area contributed by atoms with E-state index in [0.717, 1.165) is 19.3 Å². The number of amides is 1. The van der Waals surface area contributed by atoms with E-state index in [1.807, 2.05) is 20.8 Å². The van der Waals surface area contributed by atoms with Gasteiger partial charge in [-0.1, -0.05) is 43.7 Å². The molecule has 0 aromatic heterocycles. The molecule has 0 spiro atoms. The van der Waals surface area contributed by atoms with Gasteiger partial charge < -0.3 is 10.1 Å². The molecule has 21 heavy (non-hydrogen) atoms. The highest BCUT2D eigenvalue weighted by atomic mass is 16.6. The van der Waals surface area contributed by atoms with Crippen LogP contribution in [0, 0.1) is 6.92 Å². The van der Waals surface area contributed by atoms with E-state index < -0.39 is 5.60 Å². The molecule has 1 aromatic rings. The molecule has 0 aliphatic heterocycles. The molecule has 0 fully saturated rings. The largest absolute Gasteiger partial charge is 0.444 e. The average molecular weight is 291 g/mol. The maximum absolute atomic E-state index is 12.1. The molecule has 1 aromatic carbocycles. The van der Waals surface area contributed by atoms with Crippen LogP contribution < -0.4 is 5.32 Å². The molecule has 0 atom stereocenters. The molecule has 0 saturated heterocycles. The van der Waals surface area contributed by atoms with E-state index in [0.29, 0.717) is 0 Å². The summed E-state index contributed by atoms with van der Waals surface area (Å²) in [5, 5.41) is 3.09. The first-order valence-electron chi connectivity index (χ1n) is 7.76. The predicted molar refractivity (Wildman–Crippen MR) is 87.6 cm³/mol. The Bertz CT molecular complexity index is 470. The van der Waals surface area contributed by atoms with E-state index in [-0.39, 0.29) is 11.6 Å². The van der Waals surface area contributed by atoms with Crippen LogP contribution in [-0.2, 0) is 11.2 Å². The van der Waals surface area contributed by atoms with Gasteiger partial charge in [0.25, 0.3) is 0 Å². The number of hydrogen-bond donors (Lipinski definition) is 1. The van der Waals surface area contributed by atoms with Crippen molar-refractivity contribution >= 4 is 6.09 Å². The van der Waals surface area contributed by atoms with Crippen molar-refractivity contribution in [3.63, 3.8) is 0 Å². The Kier molecular flexibility index (Phi) is 5.82. The normalized spacial score (nSPS) is 12.1. The average Bonchev–Trinajstić information content (AvgIpc) is 2.35. The summed E-state index contributed by atoms with van der Waals surface area (Å²) >= 11 is 0. The molecule has 1 N–H and O–H groups in total. The van der Waals surface area contributed by atoms with Crippen LogP contribution in [0.25, 0.3) is 0 Å². The molecule has 3 nitrogen and oxygen atoms in total. The standard InChI is InChI=1S/C18H29NO2/c1-7-18(8-2,19-16(20)21-17(4,5)6)13-15-11-9-10-14(3)12-15/h9-12H,7-8,13H2,1-6H3,(H,19,20). The van der Waals surface area contributed by atoms with Crippen molar-refractivity contribution in [2.75, 3.05) is 0 Å². The van der Waals surface area contributed by atoms with E-state index in [9.17, 15) is 4.79 Å². The minimum Gasteiger partial charge on any atom is -0.444 e. The van der Waals surface area contributed by atoms with Crippen LogP contribution in [0.1, 0.15) is 58.6 Å². The highest BCUT2D eigenvalue weighted by Crippen LogP contribution is 2.23. The van der Waals surface area contributed by atoms with Crippen LogP contribution >= 0.6 is 0 Å². The zero-order valence-corrected chi connectivity index (χ0v) is 14.2. The molecule has 3 heteroatoms. The summed E-state index contributed by atoms with van der Waals surface area (Å²) in [6, 6.07) is 8.44. The number of rotatable bonds is 5. The van der Waals surface area contributed by atoms with Crippen molar-refractivity contribution in [2.45, 2.75) is 71.9 Å². The van der Waals surface area contributed by atoms with Crippen LogP contribution in [0.4, 0.5) is 4.79 Å². The van der Waals surface area contributed by atoms with Crippen molar-refractivity contribution in [3.8, 4) is 0 Å². The maximum atomic E-state index is 12.1. The predicted octanol–water partition coefficient (Wildman–Crippen LogP) is 4.62. The second kappa shape index (κ2) is 6.97. The Labute approximate surface area is 129 Å². The van der Waals surface area contributed by atoms with Crippen LogP contribution in [-0.4, -0.2) is 17.2 Å². The summed E-state index contributed by atoms with van der Waals surface area (Å²) < 4.78 is 5.41. The molecule has 1 amide bonds. The van der Waals surface area contributed by atoms with Gasteiger partial charge in [0, 0.05) is 5.54 Å². The zero-order valence-electron chi connectivity index (χ0n) is 14.2. The lowest BCUT2D eigenvalue weighted by atomic mass is 9.85. The fourth-order valence-corrected chi connectivity index (χ4v) is 2.45. The first-order valence-corrected chi connectivity index (χ1v) is 7.76. The molecular formula is C18H29NO2. The third-order valence-electron chi connectivity index (χ3n) is 3.74. The van der Waals surface area contributed by atoms with Crippen molar-refractivity contribution in [2.24, 2.45) is 0 Å². The Morgan fingerprint density at radius 2 is 1.81 bits per heavy atom. The van der Waals surface area contributed by atoms with E-state index in [2.05, 4.69) is 50.4 Å². The first kappa shape index (κ1) is 17.5. The van der Waals surface area contributed by atoms with Gasteiger partial charge in [0.1, 0.15) is 5.60 Å². The summed E-state index contributed by atoms with van der Waals surface area (Å²) in [5.41, 5.74) is 1.76. The van der Waals surface area contributed by atoms with Crippen molar-refractivity contribution in [3.05, 3.63) is 35.4 Å². The Hall–Kier alpha value is -1.51. The van der Waals surface area contributed by atoms with Crippen LogP contribution in [0.15, 0.2) is 24.3 Å². The zero-order chi connectivity index (χ0) is 16.1. The molecule has 0 unspecified atom stereocenters. The minimum atomic E-state index is -0.472. The van der Waals surface area contributed by atoms with E-state index in [4.69, 9.17) is 4.74 Å². The molecule has 0 saturated carbocycles. The Morgan fingerprint density at radius 1 is 1.19 bits per heavy atom. The summed E-state index contributed by atoms with van der Waals surface area (Å²) in [7, 11) is 0. The van der Waals surface area contributed by atoms with Crippen LogP contribution in [0.5, 0.6) is 0 Å². The number of nitrogens with one attached hydrogen (secondary N) is 1. The summed E-state index contributed by atoms with van der Waals surface area (Å²) in [6.45, 7) is 11.9. The number of hydrogen-bond acceptors (Lipinski definition) is 2. The topological polar surface area (TPSA) is 38.3 Å². The minimum absolute atomic E-state index is 0.254. The van der Waals surface area contributed by atoms with Crippen LogP contribution in [0.3, 0.4) is 0 Å². The Balaban J connectivity index is 2.85. The highest BCUT2D eigenvalue weighted by Gasteiger charge is 2.30. The molecule has 1 rings (SSSR count). The molecule has 0 aliphatic rings. The second-order valence-corrected chi connectivity index (χ2v) is 6.78. The Morgan fingerprint density at radius 3 is 2.29 bits per heavy atom. The van der Waals surface area contributed by atoms with Gasteiger partial charge in [0.05, 0.1) is 0 Å². The molecule has 0 radical (unpaired) electrons. The van der Waals surface area contributed by atoms with Crippen LogP contribution in [0.2, 0.25) is 0 Å². The van der Waals surface area contributed by atoms with Gasteiger partial charge >= 0.3 is 6.09 Å². The smallest absolute Gasteiger partial charge is 0.408 e. The fraction of sp³-hybridized carbons (Fsp3) is 0.611. The van der Waals surface area contributed by atoms with Crippen molar-refractivity contribution < 1.29 is 9.53 Å². The van der Waals surface area contributed by atoms with Gasteiger partial charge in [-0.3, -0.25) is 0 Å². The van der Waals surface area contributed by atoms with Gasteiger partial charge in [-0.15, -0.1) is 0 Å². The third-order valence-corrected chi connectivity index (χ3v) is 3.74. The fourth-order valence-electron chi connectivity index (χ4n) is 2.45. The number of benzene rings is 1. The van der Waals surface area contributed by atoms with Gasteiger partial charge in [-0.05, 0) is 52.5 Å². The van der Waals surface area contributed by atoms with Gasteiger partial charge in [-0.2, -0.15) is 0 Å². The van der Waals surface area contributed by atoms with Crippen molar-refractivity contribution in [1.82, 2.24) is 5.32 Å². The number of ether oxygens (including phenoxy) is 1. The first-order chi connectivity index (χ1) is 9.69. The number of alkyl carbamates (subject to hydrolysis) is 1. The van der Waals surface area contributed by atoms with E-state index >= 15 is 0 Å². The molecule has 118 valence electrons. The quantitative estimate of drug-likeness (QED) is 0.859. The molecule has 0 heterocycles. The van der Waals surface area contributed by atoms with E-state index in [1.165, 1.54) is 11.1 Å². The highest BCUT2D eigenvalue weighted by molar-refractivity contribution is 5.68. The lowest BCUT2D eigenvalue weighted by Gasteiger charge is -2.34. The molecule has 0 bridgehead atoms. The summed E-state index contributed by atoms with van der Waals surface area (Å²) in [6.07, 6.45) is 2.23. The van der Waals surface area contributed by atoms with Gasteiger partial charge in [0.2, 0.25) is 0 Å². The number of carbonyl (C=O) groups excluding carboxylic acids is 1. The molecular weight excluding hydrogens is 262 g/mol. The van der Waals surface area contributed by atoms with Gasteiger partial charge in [-0.25, -0.2) is 4.79 Å². The lowest BCUT2D eigenvalue weighted by molar-refractivity contribution is 0.0446. The second-order valence-electron chi connectivity index (χ2n) is 6.78. The lowest BCUT2D eigenvalue weighted by Crippen LogP contribution is -2.50. The third kappa shape index (κ3) is 5.78. The summed E-state index contributed by atoms with van der Waals surface area (Å²) in [5.74, 6) is 0. The summed E-state index contributed by atoms with van der Waals surface area (Å²) in [4.78, 5) is 12.1. The number of carbonyl (C=O) groups is 1.